The van der Waals surface area contributed by atoms with Crippen LogP contribution in [0.2, 0.25) is 0 Å². The van der Waals surface area contributed by atoms with Gasteiger partial charge < -0.3 is 10.2 Å². The first-order valence-electron chi connectivity index (χ1n) is 7.91. The number of pyridine rings is 2. The average Bonchev–Trinajstić information content (AvgIpc) is 2.56. The van der Waals surface area contributed by atoms with E-state index >= 15 is 0 Å². The zero-order valence-electron chi connectivity index (χ0n) is 14.4. The Morgan fingerprint density at radius 2 is 2.04 bits per heavy atom. The molecule has 0 aliphatic carbocycles. The van der Waals surface area contributed by atoms with Gasteiger partial charge in [-0.05, 0) is 45.3 Å². The van der Waals surface area contributed by atoms with E-state index in [0.717, 1.165) is 5.69 Å². The first-order chi connectivity index (χ1) is 11.9. The molecule has 3 rings (SSSR count). The Kier molecular flexibility index (Phi) is 4.72. The maximum atomic E-state index is 13.8. The monoisotopic (exact) mass is 338 g/mol. The van der Waals surface area contributed by atoms with Gasteiger partial charge in [0, 0.05) is 18.1 Å². The number of benzene rings is 1. The number of hydrogen-bond acceptors (Lipinski definition) is 4. The number of halogens is 1. The number of hydrogen-bond donors (Lipinski definition) is 1. The molecule has 25 heavy (non-hydrogen) atoms. The molecule has 2 heterocycles. The van der Waals surface area contributed by atoms with E-state index in [-0.39, 0.29) is 11.7 Å². The number of fused-ring (bicyclic) bond motifs is 1. The van der Waals surface area contributed by atoms with Crippen LogP contribution in [-0.4, -0.2) is 34.9 Å². The van der Waals surface area contributed by atoms with Crippen LogP contribution >= 0.6 is 0 Å². The Morgan fingerprint density at radius 3 is 2.72 bits per heavy atom. The van der Waals surface area contributed by atoms with Gasteiger partial charge in [-0.1, -0.05) is 12.1 Å². The number of carbonyl (C=O) groups excluding carboxylic acids is 1. The van der Waals surface area contributed by atoms with Gasteiger partial charge in [0.25, 0.3) is 5.91 Å². The molecule has 1 N–H and O–H groups in total. The normalized spacial score (nSPS) is 11.1. The summed E-state index contributed by atoms with van der Waals surface area (Å²) in [6, 6.07) is 10.0. The van der Waals surface area contributed by atoms with Gasteiger partial charge in [0.1, 0.15) is 11.3 Å². The summed E-state index contributed by atoms with van der Waals surface area (Å²) in [6.45, 7) is 2.45. The van der Waals surface area contributed by atoms with Crippen LogP contribution in [0.5, 0.6) is 0 Å². The third-order valence-electron chi connectivity index (χ3n) is 3.80. The van der Waals surface area contributed by atoms with Crippen LogP contribution < -0.4 is 5.32 Å². The molecule has 0 unspecified atom stereocenters. The fourth-order valence-corrected chi connectivity index (χ4v) is 2.55. The third-order valence-corrected chi connectivity index (χ3v) is 3.80. The molecule has 0 fully saturated rings. The van der Waals surface area contributed by atoms with Crippen molar-refractivity contribution in [1.29, 1.82) is 0 Å². The Hall–Kier alpha value is -2.86. The molecule has 0 saturated carbocycles. The molecule has 2 aromatic heterocycles. The Morgan fingerprint density at radius 1 is 1.24 bits per heavy atom. The van der Waals surface area contributed by atoms with Crippen molar-refractivity contribution < 1.29 is 9.18 Å². The summed E-state index contributed by atoms with van der Waals surface area (Å²) >= 11 is 0. The van der Waals surface area contributed by atoms with Crippen molar-refractivity contribution in [3.63, 3.8) is 0 Å². The van der Waals surface area contributed by atoms with Crippen molar-refractivity contribution in [3.8, 4) is 0 Å². The molecule has 3 aromatic rings. The largest absolute Gasteiger partial charge is 0.320 e. The van der Waals surface area contributed by atoms with Crippen LogP contribution in [0.3, 0.4) is 0 Å². The van der Waals surface area contributed by atoms with E-state index in [4.69, 9.17) is 0 Å². The van der Waals surface area contributed by atoms with E-state index in [1.54, 1.807) is 37.4 Å². The van der Waals surface area contributed by atoms with Gasteiger partial charge in [-0.25, -0.2) is 9.37 Å². The molecule has 0 radical (unpaired) electrons. The Balaban J connectivity index is 1.83. The average molecular weight is 338 g/mol. The number of rotatable bonds is 4. The molecule has 1 amide bonds. The molecule has 5 nitrogen and oxygen atoms in total. The molecular weight excluding hydrogens is 319 g/mol. The van der Waals surface area contributed by atoms with Crippen molar-refractivity contribution in [3.05, 3.63) is 65.4 Å². The van der Waals surface area contributed by atoms with Crippen molar-refractivity contribution >= 4 is 22.5 Å². The summed E-state index contributed by atoms with van der Waals surface area (Å²) in [5.41, 5.74) is 2.76. The van der Waals surface area contributed by atoms with Gasteiger partial charge in [-0.3, -0.25) is 9.78 Å². The lowest BCUT2D eigenvalue weighted by Gasteiger charge is -2.11. The van der Waals surface area contributed by atoms with E-state index in [2.05, 4.69) is 15.3 Å². The fraction of sp³-hybridized carbons (Fsp3) is 0.211. The van der Waals surface area contributed by atoms with Crippen LogP contribution in [0.1, 0.15) is 21.7 Å². The molecule has 1 aromatic carbocycles. The molecule has 0 spiro atoms. The summed E-state index contributed by atoms with van der Waals surface area (Å²) in [7, 11) is 3.92. The summed E-state index contributed by atoms with van der Waals surface area (Å²) in [6.07, 6.45) is 1.55. The lowest BCUT2D eigenvalue weighted by atomic mass is 10.1. The lowest BCUT2D eigenvalue weighted by molar-refractivity contribution is 0.102. The van der Waals surface area contributed by atoms with Gasteiger partial charge in [0.15, 0.2) is 0 Å². The minimum atomic E-state index is -0.376. The van der Waals surface area contributed by atoms with E-state index in [0.29, 0.717) is 34.4 Å². The lowest BCUT2D eigenvalue weighted by Crippen LogP contribution is -2.15. The van der Waals surface area contributed by atoms with Gasteiger partial charge in [0.2, 0.25) is 0 Å². The maximum absolute atomic E-state index is 13.8. The number of amides is 1. The van der Waals surface area contributed by atoms with Gasteiger partial charge in [0.05, 0.1) is 22.6 Å². The zero-order chi connectivity index (χ0) is 18.0. The highest BCUT2D eigenvalue weighted by molar-refractivity contribution is 6.05. The minimum absolute atomic E-state index is 0.274. The number of aromatic nitrogens is 2. The highest BCUT2D eigenvalue weighted by atomic mass is 19.1. The SMILES string of the molecule is Cc1nc2c(F)cccc2cc1NC(=O)c1ccc(CN(C)C)nc1. The van der Waals surface area contributed by atoms with E-state index < -0.39 is 0 Å². The van der Waals surface area contributed by atoms with Crippen LogP contribution in [-0.2, 0) is 6.54 Å². The molecule has 0 bridgehead atoms. The third kappa shape index (κ3) is 3.80. The van der Waals surface area contributed by atoms with Crippen molar-refractivity contribution in [2.45, 2.75) is 13.5 Å². The maximum Gasteiger partial charge on any atom is 0.257 e. The molecule has 0 atom stereocenters. The molecular formula is C19H19FN4O. The van der Waals surface area contributed by atoms with Crippen LogP contribution in [0, 0.1) is 12.7 Å². The smallest absolute Gasteiger partial charge is 0.257 e. The second-order valence-corrected chi connectivity index (χ2v) is 6.16. The molecule has 128 valence electrons. The highest BCUT2D eigenvalue weighted by Crippen LogP contribution is 2.23. The van der Waals surface area contributed by atoms with Gasteiger partial charge in [-0.2, -0.15) is 0 Å². The first-order valence-corrected chi connectivity index (χ1v) is 7.91. The van der Waals surface area contributed by atoms with Crippen LogP contribution in [0.4, 0.5) is 10.1 Å². The summed E-state index contributed by atoms with van der Waals surface area (Å²) in [4.78, 5) is 23.0. The topological polar surface area (TPSA) is 58.1 Å². The van der Waals surface area contributed by atoms with Crippen LogP contribution in [0.15, 0.2) is 42.6 Å². The Bertz CT molecular complexity index is 923. The molecule has 6 heteroatoms. The predicted molar refractivity (Wildman–Crippen MR) is 96.0 cm³/mol. The summed E-state index contributed by atoms with van der Waals surface area (Å²) in [5, 5.41) is 3.46. The van der Waals surface area contributed by atoms with Crippen molar-refractivity contribution in [2.75, 3.05) is 19.4 Å². The quantitative estimate of drug-likeness (QED) is 0.792. The number of aryl methyl sites for hydroxylation is 1. The number of anilines is 1. The molecule has 0 aliphatic heterocycles. The van der Waals surface area contributed by atoms with Gasteiger partial charge in [-0.15, -0.1) is 0 Å². The van der Waals surface area contributed by atoms with Crippen LogP contribution in [0.25, 0.3) is 10.9 Å². The molecule has 0 aliphatic rings. The number of carbonyl (C=O) groups is 1. The predicted octanol–water partition coefficient (Wildman–Crippen LogP) is 3.39. The number of nitrogens with one attached hydrogen (secondary N) is 1. The fourth-order valence-electron chi connectivity index (χ4n) is 2.55. The highest BCUT2D eigenvalue weighted by Gasteiger charge is 2.12. The van der Waals surface area contributed by atoms with E-state index in [1.807, 2.05) is 25.1 Å². The van der Waals surface area contributed by atoms with Gasteiger partial charge >= 0.3 is 0 Å². The number of nitrogens with zero attached hydrogens (tertiary/aromatic N) is 3. The Labute approximate surface area is 145 Å². The second-order valence-electron chi connectivity index (χ2n) is 6.16. The summed E-state index contributed by atoms with van der Waals surface area (Å²) < 4.78 is 13.8. The molecule has 0 saturated heterocycles. The van der Waals surface area contributed by atoms with Crippen molar-refractivity contribution in [1.82, 2.24) is 14.9 Å². The van der Waals surface area contributed by atoms with E-state index in [9.17, 15) is 9.18 Å². The number of para-hydroxylation sites is 1. The minimum Gasteiger partial charge on any atom is -0.320 e. The summed E-state index contributed by atoms with van der Waals surface area (Å²) in [5.74, 6) is -0.649. The first kappa shape index (κ1) is 17.0. The second kappa shape index (κ2) is 6.94. The standard InChI is InChI=1S/C19H19FN4O/c1-12-17(9-13-5-4-6-16(20)18(13)22-12)23-19(25)14-7-8-15(21-10-14)11-24(2)3/h4-10H,11H2,1-3H3,(H,23,25). The van der Waals surface area contributed by atoms with Crippen molar-refractivity contribution in [2.24, 2.45) is 0 Å². The van der Waals surface area contributed by atoms with E-state index in [1.165, 1.54) is 6.07 Å². The zero-order valence-corrected chi connectivity index (χ0v) is 14.4.